The Morgan fingerprint density at radius 1 is 1.28 bits per heavy atom. The molecule has 0 saturated carbocycles. The smallest absolute Gasteiger partial charge is 0.331 e. The second kappa shape index (κ2) is 9.18. The fourth-order valence-corrected chi connectivity index (χ4v) is 4.52. The van der Waals surface area contributed by atoms with Crippen molar-refractivity contribution >= 4 is 34.3 Å². The largest absolute Gasteiger partial charge is 0.452 e. The van der Waals surface area contributed by atoms with E-state index < -0.39 is 18.5 Å². The Labute approximate surface area is 173 Å². The van der Waals surface area contributed by atoms with Gasteiger partial charge in [0.1, 0.15) is 11.1 Å². The van der Waals surface area contributed by atoms with Gasteiger partial charge in [-0.15, -0.1) is 11.3 Å². The standard InChI is InChI=1S/C22H19N3O3S/c1-14-2-8-17-18(12-24)22(29-19(17)10-14)25-20(26)13-28-21(27)9-7-15-3-5-16(11-23)6-4-15/h3-7,9,14H,2,8,10,13H2,1H3,(H,25,26)/b9-7+/t14-/m1/s1. The molecule has 0 radical (unpaired) electrons. The molecule has 1 heterocycles. The SMILES string of the molecule is C[C@@H]1CCc2c(sc(NC(=O)COC(=O)/C=C/c3ccc(C#N)cc3)c2C#N)C1. The Bertz CT molecular complexity index is 1040. The van der Waals surface area contributed by atoms with Crippen LogP contribution in [0.15, 0.2) is 30.3 Å². The van der Waals surface area contributed by atoms with Gasteiger partial charge in [-0.2, -0.15) is 10.5 Å². The molecule has 1 aliphatic rings. The van der Waals surface area contributed by atoms with Crippen LogP contribution >= 0.6 is 11.3 Å². The van der Waals surface area contributed by atoms with Crippen molar-refractivity contribution in [2.45, 2.75) is 26.2 Å². The van der Waals surface area contributed by atoms with E-state index in [-0.39, 0.29) is 0 Å². The molecule has 0 saturated heterocycles. The van der Waals surface area contributed by atoms with Crippen molar-refractivity contribution in [3.05, 3.63) is 57.5 Å². The summed E-state index contributed by atoms with van der Waals surface area (Å²) in [6.07, 6.45) is 5.57. The van der Waals surface area contributed by atoms with E-state index in [4.69, 9.17) is 10.00 Å². The number of amides is 1. The first-order chi connectivity index (χ1) is 14.0. The number of ether oxygens (including phenoxy) is 1. The molecule has 1 aliphatic carbocycles. The van der Waals surface area contributed by atoms with E-state index in [9.17, 15) is 14.9 Å². The van der Waals surface area contributed by atoms with E-state index in [1.54, 1.807) is 30.3 Å². The Morgan fingerprint density at radius 3 is 2.72 bits per heavy atom. The maximum absolute atomic E-state index is 12.2. The van der Waals surface area contributed by atoms with E-state index in [0.717, 1.165) is 35.3 Å². The average Bonchev–Trinajstić information content (AvgIpc) is 3.06. The third-order valence-electron chi connectivity index (χ3n) is 4.67. The van der Waals surface area contributed by atoms with Gasteiger partial charge in [-0.25, -0.2) is 4.79 Å². The van der Waals surface area contributed by atoms with Crippen LogP contribution < -0.4 is 5.32 Å². The molecule has 7 heteroatoms. The van der Waals surface area contributed by atoms with Gasteiger partial charge < -0.3 is 10.1 Å². The molecule has 0 bridgehead atoms. The van der Waals surface area contributed by atoms with Crippen molar-refractivity contribution in [2.24, 2.45) is 5.92 Å². The van der Waals surface area contributed by atoms with Crippen LogP contribution in [0.25, 0.3) is 6.08 Å². The molecule has 2 aromatic rings. The van der Waals surface area contributed by atoms with E-state index in [1.165, 1.54) is 17.4 Å². The van der Waals surface area contributed by atoms with Gasteiger partial charge in [0, 0.05) is 11.0 Å². The maximum atomic E-state index is 12.2. The van der Waals surface area contributed by atoms with Crippen molar-refractivity contribution in [1.29, 1.82) is 10.5 Å². The van der Waals surface area contributed by atoms with E-state index in [1.807, 2.05) is 6.07 Å². The minimum absolute atomic E-state index is 0.430. The summed E-state index contributed by atoms with van der Waals surface area (Å²) in [7, 11) is 0. The third-order valence-corrected chi connectivity index (χ3v) is 5.84. The highest BCUT2D eigenvalue weighted by atomic mass is 32.1. The maximum Gasteiger partial charge on any atom is 0.331 e. The van der Waals surface area contributed by atoms with Crippen molar-refractivity contribution in [3.8, 4) is 12.1 Å². The third kappa shape index (κ3) is 5.10. The van der Waals surface area contributed by atoms with Gasteiger partial charge in [0.15, 0.2) is 6.61 Å². The van der Waals surface area contributed by atoms with E-state index >= 15 is 0 Å². The Morgan fingerprint density at radius 2 is 2.03 bits per heavy atom. The van der Waals surface area contributed by atoms with E-state index in [2.05, 4.69) is 18.3 Å². The van der Waals surface area contributed by atoms with Crippen molar-refractivity contribution in [2.75, 3.05) is 11.9 Å². The number of hydrogen-bond donors (Lipinski definition) is 1. The first-order valence-electron chi connectivity index (χ1n) is 9.19. The lowest BCUT2D eigenvalue weighted by Crippen LogP contribution is -2.20. The fraction of sp³-hybridized carbons (Fsp3) is 0.273. The van der Waals surface area contributed by atoms with Gasteiger partial charge in [-0.3, -0.25) is 4.79 Å². The number of nitriles is 2. The lowest BCUT2D eigenvalue weighted by atomic mass is 9.89. The molecule has 146 valence electrons. The van der Waals surface area contributed by atoms with Crippen LogP contribution in [0.2, 0.25) is 0 Å². The lowest BCUT2D eigenvalue weighted by molar-refractivity contribution is -0.142. The molecule has 0 fully saturated rings. The number of nitrogens with zero attached hydrogens (tertiary/aromatic N) is 2. The van der Waals surface area contributed by atoms with E-state index in [0.29, 0.717) is 22.0 Å². The second-order valence-corrected chi connectivity index (χ2v) is 8.00. The number of nitrogens with one attached hydrogen (secondary N) is 1. The highest BCUT2D eigenvalue weighted by molar-refractivity contribution is 7.16. The molecular formula is C22H19N3O3S. The van der Waals surface area contributed by atoms with Gasteiger partial charge in [0.25, 0.3) is 5.91 Å². The summed E-state index contributed by atoms with van der Waals surface area (Å²) in [5.74, 6) is -0.558. The van der Waals surface area contributed by atoms with Crippen LogP contribution in [0.3, 0.4) is 0 Å². The summed E-state index contributed by atoms with van der Waals surface area (Å²) < 4.78 is 4.97. The topological polar surface area (TPSA) is 103 Å². The number of thiophene rings is 1. The van der Waals surface area contributed by atoms with Crippen LogP contribution in [0.5, 0.6) is 0 Å². The zero-order valence-electron chi connectivity index (χ0n) is 15.9. The number of benzene rings is 1. The summed E-state index contributed by atoms with van der Waals surface area (Å²) >= 11 is 1.43. The number of esters is 1. The number of carbonyl (C=O) groups is 2. The molecule has 0 unspecified atom stereocenters. The number of carbonyl (C=O) groups excluding carboxylic acids is 2. The number of fused-ring (bicyclic) bond motifs is 1. The van der Waals surface area contributed by atoms with Gasteiger partial charge in [-0.05, 0) is 54.5 Å². The van der Waals surface area contributed by atoms with Crippen LogP contribution in [-0.2, 0) is 27.2 Å². The molecule has 1 aromatic heterocycles. The van der Waals surface area contributed by atoms with Crippen molar-refractivity contribution in [3.63, 3.8) is 0 Å². The van der Waals surface area contributed by atoms with Crippen LogP contribution in [0.4, 0.5) is 5.00 Å². The zero-order chi connectivity index (χ0) is 20.8. The van der Waals surface area contributed by atoms with Gasteiger partial charge in [0.05, 0.1) is 17.2 Å². The monoisotopic (exact) mass is 405 g/mol. The Balaban J connectivity index is 1.55. The Hall–Kier alpha value is -3.42. The molecule has 1 amide bonds. The quantitative estimate of drug-likeness (QED) is 0.602. The summed E-state index contributed by atoms with van der Waals surface area (Å²) in [5, 5.41) is 21.5. The highest BCUT2D eigenvalue weighted by Crippen LogP contribution is 2.39. The second-order valence-electron chi connectivity index (χ2n) is 6.89. The fourth-order valence-electron chi connectivity index (χ4n) is 3.14. The molecule has 1 atom stereocenters. The molecule has 0 aliphatic heterocycles. The molecule has 1 N–H and O–H groups in total. The predicted octanol–water partition coefficient (Wildman–Crippen LogP) is 3.81. The molecule has 3 rings (SSSR count). The van der Waals surface area contributed by atoms with Crippen LogP contribution in [-0.4, -0.2) is 18.5 Å². The minimum atomic E-state index is -0.649. The Kier molecular flexibility index (Phi) is 6.43. The van der Waals surface area contributed by atoms with Gasteiger partial charge >= 0.3 is 5.97 Å². The van der Waals surface area contributed by atoms with Crippen molar-refractivity contribution < 1.29 is 14.3 Å². The van der Waals surface area contributed by atoms with Crippen LogP contribution in [0.1, 0.15) is 40.5 Å². The summed E-state index contributed by atoms with van der Waals surface area (Å²) in [5.41, 5.74) is 2.83. The first kappa shape index (κ1) is 20.3. The van der Waals surface area contributed by atoms with Gasteiger partial charge in [0.2, 0.25) is 0 Å². The molecule has 0 spiro atoms. The van der Waals surface area contributed by atoms with Crippen molar-refractivity contribution in [1.82, 2.24) is 0 Å². The zero-order valence-corrected chi connectivity index (χ0v) is 16.7. The van der Waals surface area contributed by atoms with Crippen LogP contribution in [0, 0.1) is 28.6 Å². The molecule has 29 heavy (non-hydrogen) atoms. The number of rotatable bonds is 5. The lowest BCUT2D eigenvalue weighted by Gasteiger charge is -2.17. The normalized spacial score (nSPS) is 15.2. The average molecular weight is 405 g/mol. The first-order valence-corrected chi connectivity index (χ1v) is 10.0. The highest BCUT2D eigenvalue weighted by Gasteiger charge is 2.24. The number of hydrogen-bond acceptors (Lipinski definition) is 6. The van der Waals surface area contributed by atoms with Gasteiger partial charge in [-0.1, -0.05) is 19.1 Å². The molecule has 6 nitrogen and oxygen atoms in total. The summed E-state index contributed by atoms with van der Waals surface area (Å²) in [6.45, 7) is 1.75. The molecule has 1 aromatic carbocycles. The minimum Gasteiger partial charge on any atom is -0.452 e. The summed E-state index contributed by atoms with van der Waals surface area (Å²) in [6, 6.07) is 10.9. The predicted molar refractivity (Wildman–Crippen MR) is 110 cm³/mol. The molecular weight excluding hydrogens is 386 g/mol. The number of anilines is 1. The summed E-state index contributed by atoms with van der Waals surface area (Å²) in [4.78, 5) is 25.1.